The van der Waals surface area contributed by atoms with Crippen LogP contribution in [0.3, 0.4) is 0 Å². The number of rotatable bonds is 1. The van der Waals surface area contributed by atoms with Gasteiger partial charge < -0.3 is 0 Å². The normalized spacial score (nSPS) is 18.1. The molecule has 1 aliphatic heterocycles. The van der Waals surface area contributed by atoms with Gasteiger partial charge in [0.1, 0.15) is 0 Å². The van der Waals surface area contributed by atoms with Crippen molar-refractivity contribution in [1.29, 1.82) is 0 Å². The van der Waals surface area contributed by atoms with E-state index in [4.69, 9.17) is 0 Å². The molecule has 0 aromatic heterocycles. The first-order valence-corrected chi connectivity index (χ1v) is 4.66. The van der Waals surface area contributed by atoms with E-state index in [0.717, 1.165) is 12.1 Å². The van der Waals surface area contributed by atoms with E-state index in [2.05, 4.69) is 23.3 Å². The van der Waals surface area contributed by atoms with Crippen molar-refractivity contribution in [3.8, 4) is 11.8 Å². The zero-order valence-electron chi connectivity index (χ0n) is 7.90. The molecule has 0 amide bonds. The Labute approximate surface area is 75.5 Å². The zero-order valence-corrected chi connectivity index (χ0v) is 7.90. The van der Waals surface area contributed by atoms with Crippen molar-refractivity contribution >= 4 is 0 Å². The van der Waals surface area contributed by atoms with Crippen LogP contribution in [0.1, 0.15) is 26.2 Å². The molecular weight excluding hydrogens is 146 g/mol. The molecule has 0 atom stereocenters. The third-order valence-electron chi connectivity index (χ3n) is 2.05. The van der Waals surface area contributed by atoms with Crippen LogP contribution < -0.4 is 0 Å². The minimum atomic E-state index is 0.923. The molecule has 1 heterocycles. The highest BCUT2D eigenvalue weighted by Crippen LogP contribution is 2.07. The highest BCUT2D eigenvalue weighted by Gasteiger charge is 2.07. The Bertz CT molecular complexity index is 201. The summed E-state index contributed by atoms with van der Waals surface area (Å²) in [6.07, 6.45) is 4.08. The predicted molar refractivity (Wildman–Crippen MR) is 52.9 cm³/mol. The van der Waals surface area contributed by atoms with Gasteiger partial charge in [0.05, 0.1) is 6.54 Å². The maximum absolute atomic E-state index is 3.75. The summed E-state index contributed by atoms with van der Waals surface area (Å²) in [5, 5.41) is 0. The second-order valence-electron chi connectivity index (χ2n) is 3.42. The number of likely N-dealkylation sites (tertiary alicyclic amines) is 1. The summed E-state index contributed by atoms with van der Waals surface area (Å²) in [6.45, 7) is 9.07. The first-order chi connectivity index (χ1) is 5.79. The van der Waals surface area contributed by atoms with Gasteiger partial charge >= 0.3 is 0 Å². The molecule has 1 saturated heterocycles. The van der Waals surface area contributed by atoms with E-state index in [1.807, 2.05) is 6.92 Å². The molecule has 1 fully saturated rings. The Morgan fingerprint density at radius 3 is 2.58 bits per heavy atom. The van der Waals surface area contributed by atoms with Gasteiger partial charge in [-0.1, -0.05) is 24.8 Å². The van der Waals surface area contributed by atoms with Gasteiger partial charge in [-0.2, -0.15) is 0 Å². The number of piperidine rings is 1. The highest BCUT2D eigenvalue weighted by atomic mass is 15.1. The molecule has 1 heteroatoms. The summed E-state index contributed by atoms with van der Waals surface area (Å²) in [7, 11) is 0. The summed E-state index contributed by atoms with van der Waals surface area (Å²) in [4.78, 5) is 2.42. The van der Waals surface area contributed by atoms with E-state index < -0.39 is 0 Å². The summed E-state index contributed by atoms with van der Waals surface area (Å²) >= 11 is 0. The molecule has 0 aromatic rings. The van der Waals surface area contributed by atoms with Crippen molar-refractivity contribution in [3.05, 3.63) is 12.2 Å². The largest absolute Gasteiger partial charge is 0.292 e. The fraction of sp³-hybridized carbons (Fsp3) is 0.636. The van der Waals surface area contributed by atoms with E-state index in [0.29, 0.717) is 0 Å². The second kappa shape index (κ2) is 5.00. The average molecular weight is 163 g/mol. The summed E-state index contributed by atoms with van der Waals surface area (Å²) < 4.78 is 0. The van der Waals surface area contributed by atoms with Crippen LogP contribution in [0.4, 0.5) is 0 Å². The molecule has 0 aliphatic carbocycles. The van der Waals surface area contributed by atoms with Crippen LogP contribution in [-0.4, -0.2) is 24.5 Å². The maximum Gasteiger partial charge on any atom is 0.0605 e. The van der Waals surface area contributed by atoms with Gasteiger partial charge in [-0.3, -0.25) is 4.90 Å². The molecule has 1 nitrogen and oxygen atoms in total. The van der Waals surface area contributed by atoms with Gasteiger partial charge in [-0.25, -0.2) is 0 Å². The highest BCUT2D eigenvalue weighted by molar-refractivity contribution is 5.23. The molecule has 0 radical (unpaired) electrons. The van der Waals surface area contributed by atoms with Crippen LogP contribution in [0.15, 0.2) is 12.2 Å². The molecule has 0 saturated carbocycles. The van der Waals surface area contributed by atoms with Crippen molar-refractivity contribution in [2.45, 2.75) is 26.2 Å². The lowest BCUT2D eigenvalue weighted by molar-refractivity contribution is 0.255. The van der Waals surface area contributed by atoms with Gasteiger partial charge in [0, 0.05) is 0 Å². The smallest absolute Gasteiger partial charge is 0.0605 e. The Kier molecular flexibility index (Phi) is 3.90. The fourth-order valence-corrected chi connectivity index (χ4v) is 1.42. The van der Waals surface area contributed by atoms with Gasteiger partial charge in [-0.15, -0.1) is 0 Å². The van der Waals surface area contributed by atoms with E-state index in [9.17, 15) is 0 Å². The first-order valence-electron chi connectivity index (χ1n) is 4.66. The van der Waals surface area contributed by atoms with Crippen LogP contribution in [0.5, 0.6) is 0 Å². The lowest BCUT2D eigenvalue weighted by Gasteiger charge is -2.23. The lowest BCUT2D eigenvalue weighted by Crippen LogP contribution is -2.29. The summed E-state index contributed by atoms with van der Waals surface area (Å²) in [5.41, 5.74) is 0.965. The number of hydrogen-bond donors (Lipinski definition) is 0. The van der Waals surface area contributed by atoms with Gasteiger partial charge in [0.2, 0.25) is 0 Å². The van der Waals surface area contributed by atoms with Crippen molar-refractivity contribution in [1.82, 2.24) is 4.90 Å². The van der Waals surface area contributed by atoms with Crippen LogP contribution in [0.2, 0.25) is 0 Å². The molecule has 0 unspecified atom stereocenters. The number of hydrogen-bond acceptors (Lipinski definition) is 1. The minimum absolute atomic E-state index is 0.923. The summed E-state index contributed by atoms with van der Waals surface area (Å²) in [5.74, 6) is 6.14. The third kappa shape index (κ3) is 3.59. The Morgan fingerprint density at radius 2 is 2.00 bits per heavy atom. The monoisotopic (exact) mass is 163 g/mol. The predicted octanol–water partition coefficient (Wildman–Crippen LogP) is 2.05. The van der Waals surface area contributed by atoms with Crippen molar-refractivity contribution in [3.63, 3.8) is 0 Å². The van der Waals surface area contributed by atoms with Gasteiger partial charge in [0.15, 0.2) is 0 Å². The second-order valence-corrected chi connectivity index (χ2v) is 3.42. The van der Waals surface area contributed by atoms with Gasteiger partial charge in [0.25, 0.3) is 0 Å². The molecule has 0 bridgehead atoms. The first kappa shape index (κ1) is 9.35. The van der Waals surface area contributed by atoms with E-state index in [1.54, 1.807) is 0 Å². The van der Waals surface area contributed by atoms with E-state index in [1.165, 1.54) is 32.4 Å². The zero-order chi connectivity index (χ0) is 8.81. The average Bonchev–Trinajstić information content (AvgIpc) is 2.05. The standard InChI is InChI=1S/C11H17N/c1-11(2)7-6-10-12-8-4-3-5-9-12/h1,3-5,8-10H2,2H3. The Balaban J connectivity index is 2.22. The van der Waals surface area contributed by atoms with Crippen molar-refractivity contribution in [2.75, 3.05) is 19.6 Å². The topological polar surface area (TPSA) is 3.24 Å². The Hall–Kier alpha value is -0.740. The summed E-state index contributed by atoms with van der Waals surface area (Å²) in [6, 6.07) is 0. The molecule has 0 spiro atoms. The minimum Gasteiger partial charge on any atom is -0.292 e. The molecule has 12 heavy (non-hydrogen) atoms. The van der Waals surface area contributed by atoms with E-state index >= 15 is 0 Å². The molecule has 66 valence electrons. The van der Waals surface area contributed by atoms with Crippen LogP contribution in [-0.2, 0) is 0 Å². The van der Waals surface area contributed by atoms with Crippen LogP contribution in [0.25, 0.3) is 0 Å². The number of allylic oxidation sites excluding steroid dienone is 1. The quantitative estimate of drug-likeness (QED) is 0.535. The van der Waals surface area contributed by atoms with Crippen LogP contribution >= 0.6 is 0 Å². The molecule has 1 aliphatic rings. The molecular formula is C11H17N. The van der Waals surface area contributed by atoms with Crippen molar-refractivity contribution in [2.24, 2.45) is 0 Å². The van der Waals surface area contributed by atoms with E-state index in [-0.39, 0.29) is 0 Å². The number of nitrogens with zero attached hydrogens (tertiary/aromatic N) is 1. The molecule has 1 rings (SSSR count). The molecule has 0 N–H and O–H groups in total. The fourth-order valence-electron chi connectivity index (χ4n) is 1.42. The Morgan fingerprint density at radius 1 is 1.33 bits per heavy atom. The van der Waals surface area contributed by atoms with Crippen molar-refractivity contribution < 1.29 is 0 Å². The maximum atomic E-state index is 3.75. The van der Waals surface area contributed by atoms with Gasteiger partial charge in [-0.05, 0) is 38.4 Å². The van der Waals surface area contributed by atoms with Crippen LogP contribution in [0, 0.1) is 11.8 Å². The lowest BCUT2D eigenvalue weighted by atomic mass is 10.1. The molecule has 0 aromatic carbocycles. The third-order valence-corrected chi connectivity index (χ3v) is 2.05. The SMILES string of the molecule is C=C(C)C#CCN1CCCCC1.